The van der Waals surface area contributed by atoms with Gasteiger partial charge in [-0.3, -0.25) is 9.48 Å². The summed E-state index contributed by atoms with van der Waals surface area (Å²) in [4.78, 5) is 13.0. The van der Waals surface area contributed by atoms with Gasteiger partial charge in [-0.15, -0.1) is 11.3 Å². The van der Waals surface area contributed by atoms with Gasteiger partial charge in [0, 0.05) is 17.6 Å². The van der Waals surface area contributed by atoms with Crippen molar-refractivity contribution in [3.8, 4) is 0 Å². The number of rotatable bonds is 6. The van der Waals surface area contributed by atoms with Crippen molar-refractivity contribution in [1.29, 1.82) is 0 Å². The summed E-state index contributed by atoms with van der Waals surface area (Å²) in [5, 5.41) is 10.5. The molecule has 10 heteroatoms. The molecular formula is C15H21N5O3S2. The van der Waals surface area contributed by atoms with E-state index in [-0.39, 0.29) is 22.7 Å². The number of amides is 1. The van der Waals surface area contributed by atoms with Crippen molar-refractivity contribution in [3.63, 3.8) is 0 Å². The van der Waals surface area contributed by atoms with Crippen LogP contribution in [0.25, 0.3) is 0 Å². The standard InChI is InChI=1S/C15H21N5O3S2/c1-16-25(22,23)14-5-4-12(24-14)10-18-15(21)13-6-8-20(19-13)11-3-2-7-17-9-11/h4-6,8,11,16-17H,2-3,7,9-10H2,1H3,(H,18,21). The minimum atomic E-state index is -3.44. The molecular weight excluding hydrogens is 362 g/mol. The predicted octanol–water partition coefficient (Wildman–Crippen LogP) is 0.707. The highest BCUT2D eigenvalue weighted by molar-refractivity contribution is 7.91. The van der Waals surface area contributed by atoms with Crippen LogP contribution >= 0.6 is 11.3 Å². The van der Waals surface area contributed by atoms with Crippen molar-refractivity contribution in [2.45, 2.75) is 29.6 Å². The van der Waals surface area contributed by atoms with Crippen LogP contribution in [0.3, 0.4) is 0 Å². The molecule has 1 unspecified atom stereocenters. The summed E-state index contributed by atoms with van der Waals surface area (Å²) in [7, 11) is -2.07. The molecule has 1 amide bonds. The van der Waals surface area contributed by atoms with Gasteiger partial charge < -0.3 is 10.6 Å². The Labute approximate surface area is 150 Å². The minimum absolute atomic E-state index is 0.230. The molecule has 0 aromatic carbocycles. The average Bonchev–Trinajstić information content (AvgIpc) is 3.30. The summed E-state index contributed by atoms with van der Waals surface area (Å²) in [6.45, 7) is 2.15. The summed E-state index contributed by atoms with van der Waals surface area (Å²) >= 11 is 1.13. The van der Waals surface area contributed by atoms with E-state index in [1.54, 1.807) is 12.1 Å². The zero-order valence-corrected chi connectivity index (χ0v) is 15.5. The first-order valence-corrected chi connectivity index (χ1v) is 10.4. The van der Waals surface area contributed by atoms with Crippen molar-refractivity contribution < 1.29 is 13.2 Å². The zero-order chi connectivity index (χ0) is 17.9. The van der Waals surface area contributed by atoms with E-state index in [9.17, 15) is 13.2 Å². The van der Waals surface area contributed by atoms with E-state index in [4.69, 9.17) is 0 Å². The number of thiophene rings is 1. The molecule has 0 spiro atoms. The molecule has 1 fully saturated rings. The Balaban J connectivity index is 1.59. The molecule has 1 aliphatic heterocycles. The Morgan fingerprint density at radius 2 is 2.28 bits per heavy atom. The van der Waals surface area contributed by atoms with E-state index in [1.807, 2.05) is 10.9 Å². The molecule has 136 valence electrons. The second-order valence-electron chi connectivity index (χ2n) is 5.79. The van der Waals surface area contributed by atoms with Gasteiger partial charge in [0.05, 0.1) is 12.6 Å². The number of nitrogens with one attached hydrogen (secondary N) is 3. The third kappa shape index (κ3) is 4.27. The van der Waals surface area contributed by atoms with Gasteiger partial charge in [0.15, 0.2) is 0 Å². The highest BCUT2D eigenvalue weighted by atomic mass is 32.2. The van der Waals surface area contributed by atoms with E-state index >= 15 is 0 Å². The quantitative estimate of drug-likeness (QED) is 0.681. The highest BCUT2D eigenvalue weighted by Gasteiger charge is 2.18. The van der Waals surface area contributed by atoms with Crippen LogP contribution < -0.4 is 15.4 Å². The summed E-state index contributed by atoms with van der Waals surface area (Å²) < 4.78 is 27.8. The normalized spacial score (nSPS) is 18.2. The Morgan fingerprint density at radius 1 is 1.44 bits per heavy atom. The molecule has 1 aliphatic rings. The van der Waals surface area contributed by atoms with Crippen LogP contribution in [0.1, 0.15) is 34.2 Å². The monoisotopic (exact) mass is 383 g/mol. The maximum atomic E-state index is 12.2. The predicted molar refractivity (Wildman–Crippen MR) is 95.1 cm³/mol. The molecule has 0 bridgehead atoms. The number of carbonyl (C=O) groups excluding carboxylic acids is 1. The van der Waals surface area contributed by atoms with E-state index in [0.717, 1.165) is 42.1 Å². The number of hydrogen-bond acceptors (Lipinski definition) is 6. The lowest BCUT2D eigenvalue weighted by Crippen LogP contribution is -2.32. The van der Waals surface area contributed by atoms with Crippen LogP contribution in [0.4, 0.5) is 0 Å². The van der Waals surface area contributed by atoms with E-state index in [1.165, 1.54) is 13.1 Å². The van der Waals surface area contributed by atoms with Crippen LogP contribution in [-0.2, 0) is 16.6 Å². The molecule has 0 radical (unpaired) electrons. The van der Waals surface area contributed by atoms with Crippen LogP contribution in [0, 0.1) is 0 Å². The van der Waals surface area contributed by atoms with Gasteiger partial charge in [0.25, 0.3) is 5.91 Å². The first-order valence-electron chi connectivity index (χ1n) is 8.06. The van der Waals surface area contributed by atoms with Crippen molar-refractivity contribution in [2.24, 2.45) is 0 Å². The third-order valence-corrected chi connectivity index (χ3v) is 7.07. The van der Waals surface area contributed by atoms with Gasteiger partial charge in [-0.05, 0) is 44.6 Å². The average molecular weight is 383 g/mol. The number of nitrogens with zero attached hydrogens (tertiary/aromatic N) is 2. The SMILES string of the molecule is CNS(=O)(=O)c1ccc(CNC(=O)c2ccn(C3CCCNC3)n2)s1. The van der Waals surface area contributed by atoms with E-state index in [2.05, 4.69) is 20.5 Å². The van der Waals surface area contributed by atoms with E-state index in [0.29, 0.717) is 5.69 Å². The van der Waals surface area contributed by atoms with Gasteiger partial charge in [-0.2, -0.15) is 5.10 Å². The van der Waals surface area contributed by atoms with Crippen LogP contribution in [-0.4, -0.2) is 44.2 Å². The fraction of sp³-hybridized carbons (Fsp3) is 0.467. The molecule has 25 heavy (non-hydrogen) atoms. The highest BCUT2D eigenvalue weighted by Crippen LogP contribution is 2.21. The molecule has 8 nitrogen and oxygen atoms in total. The fourth-order valence-corrected chi connectivity index (χ4v) is 4.81. The fourth-order valence-electron chi connectivity index (χ4n) is 2.68. The van der Waals surface area contributed by atoms with E-state index < -0.39 is 10.0 Å². The Bertz CT molecular complexity index is 837. The molecule has 1 atom stereocenters. The second-order valence-corrected chi connectivity index (χ2v) is 9.07. The molecule has 2 aromatic heterocycles. The number of piperidine rings is 1. The van der Waals surface area contributed by atoms with Gasteiger partial charge in [0.1, 0.15) is 9.90 Å². The Morgan fingerprint density at radius 3 is 3.00 bits per heavy atom. The summed E-state index contributed by atoms with van der Waals surface area (Å²) in [6, 6.07) is 5.21. The minimum Gasteiger partial charge on any atom is -0.346 e. The largest absolute Gasteiger partial charge is 0.346 e. The topological polar surface area (TPSA) is 105 Å². The lowest BCUT2D eigenvalue weighted by atomic mass is 10.1. The lowest BCUT2D eigenvalue weighted by molar-refractivity contribution is 0.0945. The summed E-state index contributed by atoms with van der Waals surface area (Å²) in [6.07, 6.45) is 3.98. The van der Waals surface area contributed by atoms with Gasteiger partial charge in [-0.25, -0.2) is 13.1 Å². The van der Waals surface area contributed by atoms with Crippen molar-refractivity contribution in [2.75, 3.05) is 20.1 Å². The van der Waals surface area contributed by atoms with Crippen molar-refractivity contribution in [3.05, 3.63) is 35.0 Å². The summed E-state index contributed by atoms with van der Waals surface area (Å²) in [5.41, 5.74) is 0.366. The molecule has 1 saturated heterocycles. The molecule has 0 saturated carbocycles. The smallest absolute Gasteiger partial charge is 0.272 e. The molecule has 3 N–H and O–H groups in total. The first kappa shape index (κ1) is 18.1. The zero-order valence-electron chi connectivity index (χ0n) is 13.9. The third-order valence-electron chi connectivity index (χ3n) is 4.08. The van der Waals surface area contributed by atoms with Crippen molar-refractivity contribution in [1.82, 2.24) is 25.1 Å². The second kappa shape index (κ2) is 7.65. The lowest BCUT2D eigenvalue weighted by Gasteiger charge is -2.22. The Kier molecular flexibility index (Phi) is 5.52. The molecule has 0 aliphatic carbocycles. The maximum Gasteiger partial charge on any atom is 0.272 e. The van der Waals surface area contributed by atoms with Gasteiger partial charge in [-0.1, -0.05) is 0 Å². The maximum absolute atomic E-state index is 12.2. The summed E-state index contributed by atoms with van der Waals surface area (Å²) in [5.74, 6) is -0.269. The molecule has 3 heterocycles. The molecule has 3 rings (SSSR count). The van der Waals surface area contributed by atoms with Crippen LogP contribution in [0.2, 0.25) is 0 Å². The Hall–Kier alpha value is -1.75. The number of carbonyl (C=O) groups is 1. The van der Waals surface area contributed by atoms with Crippen molar-refractivity contribution >= 4 is 27.3 Å². The molecule has 2 aromatic rings. The first-order chi connectivity index (χ1) is 12.0. The van der Waals surface area contributed by atoms with Gasteiger partial charge >= 0.3 is 0 Å². The number of hydrogen-bond donors (Lipinski definition) is 3. The van der Waals surface area contributed by atoms with Crippen LogP contribution in [0.5, 0.6) is 0 Å². The van der Waals surface area contributed by atoms with Gasteiger partial charge in [0.2, 0.25) is 10.0 Å². The number of aromatic nitrogens is 2. The van der Waals surface area contributed by atoms with Crippen LogP contribution in [0.15, 0.2) is 28.6 Å². The number of sulfonamides is 1.